The van der Waals surface area contributed by atoms with E-state index in [4.69, 9.17) is 0 Å². The molecule has 1 atom stereocenters. The van der Waals surface area contributed by atoms with E-state index >= 15 is 0 Å². The molecular formula is C12H22N2S. The van der Waals surface area contributed by atoms with Gasteiger partial charge in [0.25, 0.3) is 0 Å². The molecule has 1 rings (SSSR count). The van der Waals surface area contributed by atoms with Gasteiger partial charge in [-0.2, -0.15) is 0 Å². The van der Waals surface area contributed by atoms with Crippen molar-refractivity contribution in [1.82, 2.24) is 10.3 Å². The van der Waals surface area contributed by atoms with Gasteiger partial charge in [-0.15, -0.1) is 11.3 Å². The van der Waals surface area contributed by atoms with Crippen molar-refractivity contribution in [3.05, 3.63) is 16.1 Å². The fourth-order valence-corrected chi connectivity index (χ4v) is 2.52. The molecule has 0 saturated carbocycles. The molecule has 3 heteroatoms. The summed E-state index contributed by atoms with van der Waals surface area (Å²) in [5.74, 6) is 0.699. The molecule has 1 N–H and O–H groups in total. The van der Waals surface area contributed by atoms with Gasteiger partial charge in [0.2, 0.25) is 0 Å². The van der Waals surface area contributed by atoms with Crippen LogP contribution in [0.5, 0.6) is 0 Å². The van der Waals surface area contributed by atoms with Crippen LogP contribution in [0.1, 0.15) is 50.9 Å². The van der Waals surface area contributed by atoms with Gasteiger partial charge in [0.05, 0.1) is 6.04 Å². The molecule has 0 radical (unpaired) electrons. The highest BCUT2D eigenvalue weighted by molar-refractivity contribution is 7.09. The van der Waals surface area contributed by atoms with E-state index in [0.717, 1.165) is 12.1 Å². The number of hydrogen-bond acceptors (Lipinski definition) is 3. The summed E-state index contributed by atoms with van der Waals surface area (Å²) in [6, 6.07) is 0.932. The Hall–Kier alpha value is -0.410. The van der Waals surface area contributed by atoms with E-state index in [1.807, 2.05) is 0 Å². The predicted molar refractivity (Wildman–Crippen MR) is 67.3 cm³/mol. The lowest BCUT2D eigenvalue weighted by atomic mass is 10.0. The van der Waals surface area contributed by atoms with Crippen molar-refractivity contribution >= 4 is 11.3 Å². The van der Waals surface area contributed by atoms with Crippen LogP contribution in [0.2, 0.25) is 0 Å². The first-order chi connectivity index (χ1) is 6.99. The van der Waals surface area contributed by atoms with Crippen LogP contribution in [0.3, 0.4) is 0 Å². The Balaban J connectivity index is 2.71. The minimum absolute atomic E-state index is 0.420. The van der Waals surface area contributed by atoms with E-state index in [2.05, 4.69) is 50.3 Å². The first-order valence-electron chi connectivity index (χ1n) is 5.67. The van der Waals surface area contributed by atoms with Crippen LogP contribution in [0.15, 0.2) is 5.38 Å². The zero-order valence-electron chi connectivity index (χ0n) is 10.4. The van der Waals surface area contributed by atoms with Gasteiger partial charge in [0.15, 0.2) is 0 Å². The van der Waals surface area contributed by atoms with E-state index in [1.165, 1.54) is 5.01 Å². The summed E-state index contributed by atoms with van der Waals surface area (Å²) in [6.07, 6.45) is 1.16. The van der Waals surface area contributed by atoms with Crippen molar-refractivity contribution in [1.29, 1.82) is 0 Å². The van der Waals surface area contributed by atoms with Crippen molar-refractivity contribution in [3.63, 3.8) is 0 Å². The van der Waals surface area contributed by atoms with Crippen LogP contribution < -0.4 is 5.32 Å². The summed E-state index contributed by atoms with van der Waals surface area (Å²) >= 11 is 1.77. The molecule has 0 spiro atoms. The summed E-state index contributed by atoms with van der Waals surface area (Å²) in [5, 5.41) is 6.95. The first kappa shape index (κ1) is 12.7. The average molecular weight is 226 g/mol. The molecule has 0 amide bonds. The SMILES string of the molecule is Cc1csc(C(CC(C)C)NC(C)C)n1. The Kier molecular flexibility index (Phi) is 4.74. The summed E-state index contributed by atoms with van der Waals surface area (Å²) in [5.41, 5.74) is 1.13. The molecule has 1 aromatic rings. The number of nitrogens with one attached hydrogen (secondary N) is 1. The first-order valence-corrected chi connectivity index (χ1v) is 6.55. The maximum Gasteiger partial charge on any atom is 0.110 e. The lowest BCUT2D eigenvalue weighted by molar-refractivity contribution is 0.399. The standard InChI is InChI=1S/C12H22N2S/c1-8(2)6-11(13-9(3)4)12-14-10(5)7-15-12/h7-9,11,13H,6H2,1-5H3. The molecule has 0 saturated heterocycles. The second kappa shape index (κ2) is 5.61. The van der Waals surface area contributed by atoms with E-state index < -0.39 is 0 Å². The second-order valence-electron chi connectivity index (χ2n) is 4.83. The normalized spacial score (nSPS) is 13.8. The van der Waals surface area contributed by atoms with Crippen LogP contribution in [0.4, 0.5) is 0 Å². The van der Waals surface area contributed by atoms with Gasteiger partial charge in [0, 0.05) is 17.1 Å². The quantitative estimate of drug-likeness (QED) is 0.830. The van der Waals surface area contributed by atoms with Crippen molar-refractivity contribution in [2.75, 3.05) is 0 Å². The van der Waals surface area contributed by atoms with Gasteiger partial charge in [-0.05, 0) is 19.3 Å². The Labute approximate surface area is 97.1 Å². The molecule has 1 heterocycles. The third-order valence-corrected chi connectivity index (χ3v) is 3.25. The van der Waals surface area contributed by atoms with Gasteiger partial charge in [-0.3, -0.25) is 0 Å². The summed E-state index contributed by atoms with van der Waals surface area (Å²) in [7, 11) is 0. The third-order valence-electron chi connectivity index (χ3n) is 2.18. The maximum atomic E-state index is 4.57. The van der Waals surface area contributed by atoms with E-state index in [9.17, 15) is 0 Å². The highest BCUT2D eigenvalue weighted by Crippen LogP contribution is 2.24. The van der Waals surface area contributed by atoms with Gasteiger partial charge in [-0.1, -0.05) is 27.7 Å². The van der Waals surface area contributed by atoms with Gasteiger partial charge in [-0.25, -0.2) is 4.98 Å². The average Bonchev–Trinajstić information content (AvgIpc) is 2.48. The Morgan fingerprint density at radius 2 is 2.00 bits per heavy atom. The van der Waals surface area contributed by atoms with E-state index in [-0.39, 0.29) is 0 Å². The lowest BCUT2D eigenvalue weighted by Gasteiger charge is -2.20. The van der Waals surface area contributed by atoms with Crippen LogP contribution >= 0.6 is 11.3 Å². The Morgan fingerprint density at radius 1 is 1.33 bits per heavy atom. The number of thiazole rings is 1. The molecule has 1 unspecified atom stereocenters. The molecule has 86 valence electrons. The van der Waals surface area contributed by atoms with Crippen LogP contribution in [0, 0.1) is 12.8 Å². The van der Waals surface area contributed by atoms with Crippen molar-refractivity contribution in [2.24, 2.45) is 5.92 Å². The molecule has 1 aromatic heterocycles. The second-order valence-corrected chi connectivity index (χ2v) is 5.72. The highest BCUT2D eigenvalue weighted by Gasteiger charge is 2.16. The molecule has 0 aromatic carbocycles. The molecule has 2 nitrogen and oxygen atoms in total. The molecule has 15 heavy (non-hydrogen) atoms. The zero-order valence-corrected chi connectivity index (χ0v) is 11.2. The number of rotatable bonds is 5. The number of hydrogen-bond donors (Lipinski definition) is 1. The van der Waals surface area contributed by atoms with Crippen molar-refractivity contribution in [3.8, 4) is 0 Å². The van der Waals surface area contributed by atoms with Gasteiger partial charge >= 0.3 is 0 Å². The zero-order chi connectivity index (χ0) is 11.4. The minimum Gasteiger partial charge on any atom is -0.306 e. The lowest BCUT2D eigenvalue weighted by Crippen LogP contribution is -2.29. The number of aromatic nitrogens is 1. The van der Waals surface area contributed by atoms with Crippen LogP contribution in [0.25, 0.3) is 0 Å². The van der Waals surface area contributed by atoms with E-state index in [1.54, 1.807) is 11.3 Å². The predicted octanol–water partition coefficient (Wildman–Crippen LogP) is 3.54. The smallest absolute Gasteiger partial charge is 0.110 e. The van der Waals surface area contributed by atoms with Crippen molar-refractivity contribution in [2.45, 2.75) is 53.1 Å². The number of nitrogens with zero attached hydrogens (tertiary/aromatic N) is 1. The molecule has 0 bridgehead atoms. The molecule has 0 aliphatic heterocycles. The maximum absolute atomic E-state index is 4.57. The molecule has 0 aliphatic carbocycles. The van der Waals surface area contributed by atoms with Crippen molar-refractivity contribution < 1.29 is 0 Å². The van der Waals surface area contributed by atoms with E-state index in [0.29, 0.717) is 18.0 Å². The summed E-state index contributed by atoms with van der Waals surface area (Å²) in [6.45, 7) is 11.0. The highest BCUT2D eigenvalue weighted by atomic mass is 32.1. The third kappa shape index (κ3) is 4.31. The topological polar surface area (TPSA) is 24.9 Å². The number of aryl methyl sites for hydroxylation is 1. The Morgan fingerprint density at radius 3 is 2.40 bits per heavy atom. The van der Waals surface area contributed by atoms with Crippen LogP contribution in [-0.2, 0) is 0 Å². The fourth-order valence-electron chi connectivity index (χ4n) is 1.65. The molecule has 0 fully saturated rings. The monoisotopic (exact) mass is 226 g/mol. The van der Waals surface area contributed by atoms with Gasteiger partial charge in [0.1, 0.15) is 5.01 Å². The van der Waals surface area contributed by atoms with Crippen LogP contribution in [-0.4, -0.2) is 11.0 Å². The summed E-state index contributed by atoms with van der Waals surface area (Å²) in [4.78, 5) is 4.57. The summed E-state index contributed by atoms with van der Waals surface area (Å²) < 4.78 is 0. The van der Waals surface area contributed by atoms with Gasteiger partial charge < -0.3 is 5.32 Å². The molecular weight excluding hydrogens is 204 g/mol. The molecule has 0 aliphatic rings. The largest absolute Gasteiger partial charge is 0.306 e. The fraction of sp³-hybridized carbons (Fsp3) is 0.750. The minimum atomic E-state index is 0.420. The Bertz CT molecular complexity index is 282.